The van der Waals surface area contributed by atoms with E-state index in [4.69, 9.17) is 19.4 Å². The second kappa shape index (κ2) is 3.92. The van der Waals surface area contributed by atoms with Gasteiger partial charge in [-0.05, 0) is 23.8 Å². The summed E-state index contributed by atoms with van der Waals surface area (Å²) in [6.45, 7) is -0.196. The lowest BCUT2D eigenvalue weighted by atomic mass is 10.1. The number of fused-ring (bicyclic) bond motifs is 1. The molecule has 2 N–H and O–H groups in total. The van der Waals surface area contributed by atoms with Crippen molar-refractivity contribution >= 4 is 11.0 Å². The van der Waals surface area contributed by atoms with Gasteiger partial charge < -0.3 is 19.4 Å². The lowest BCUT2D eigenvalue weighted by Crippen LogP contribution is -1.87. The molecule has 0 saturated heterocycles. The third kappa shape index (κ3) is 1.69. The Morgan fingerprint density at radius 2 is 2.00 bits per heavy atom. The molecule has 80 valence electrons. The van der Waals surface area contributed by atoms with Crippen molar-refractivity contribution in [2.45, 2.75) is 13.2 Å². The maximum absolute atomic E-state index is 9.05. The zero-order chi connectivity index (χ0) is 10.8. The van der Waals surface area contributed by atoms with Crippen LogP contribution in [0.1, 0.15) is 11.3 Å². The zero-order valence-electron chi connectivity index (χ0n) is 8.36. The van der Waals surface area contributed by atoms with Crippen LogP contribution in [0, 0.1) is 0 Å². The maximum Gasteiger partial charge on any atom is 0.176 e. The molecule has 1 aromatic heterocycles. The van der Waals surface area contributed by atoms with E-state index in [0.29, 0.717) is 17.1 Å². The Morgan fingerprint density at radius 1 is 1.20 bits per heavy atom. The molecule has 0 spiro atoms. The van der Waals surface area contributed by atoms with Gasteiger partial charge in [0.05, 0.1) is 13.7 Å². The Morgan fingerprint density at radius 3 is 2.60 bits per heavy atom. The standard InChI is InChI=1S/C11H12O4/c1-14-10-3-7(5-12)2-8-4-9(6-13)15-11(8)10/h2-4,12-13H,5-6H2,1H3. The van der Waals surface area contributed by atoms with Gasteiger partial charge >= 0.3 is 0 Å². The van der Waals surface area contributed by atoms with Gasteiger partial charge in [0.15, 0.2) is 11.3 Å². The minimum absolute atomic E-state index is 0.0497. The second-order valence-corrected chi connectivity index (χ2v) is 3.25. The van der Waals surface area contributed by atoms with Crippen LogP contribution < -0.4 is 4.74 Å². The molecule has 0 aliphatic rings. The fourth-order valence-electron chi connectivity index (χ4n) is 1.55. The van der Waals surface area contributed by atoms with Crippen LogP contribution >= 0.6 is 0 Å². The van der Waals surface area contributed by atoms with E-state index in [0.717, 1.165) is 10.9 Å². The molecule has 2 rings (SSSR count). The third-order valence-electron chi connectivity index (χ3n) is 2.25. The van der Waals surface area contributed by atoms with Crippen molar-refractivity contribution in [2.75, 3.05) is 7.11 Å². The molecule has 0 saturated carbocycles. The van der Waals surface area contributed by atoms with Crippen LogP contribution in [0.5, 0.6) is 5.75 Å². The number of methoxy groups -OCH3 is 1. The van der Waals surface area contributed by atoms with E-state index in [-0.39, 0.29) is 13.2 Å². The van der Waals surface area contributed by atoms with Gasteiger partial charge in [0.25, 0.3) is 0 Å². The molecule has 1 aromatic carbocycles. The van der Waals surface area contributed by atoms with E-state index in [1.807, 2.05) is 0 Å². The first-order valence-corrected chi connectivity index (χ1v) is 4.59. The van der Waals surface area contributed by atoms with E-state index in [1.165, 1.54) is 7.11 Å². The van der Waals surface area contributed by atoms with Gasteiger partial charge in [0, 0.05) is 5.39 Å². The van der Waals surface area contributed by atoms with Gasteiger partial charge in [-0.1, -0.05) is 0 Å². The summed E-state index contributed by atoms with van der Waals surface area (Å²) >= 11 is 0. The van der Waals surface area contributed by atoms with Crippen LogP contribution in [-0.2, 0) is 13.2 Å². The average molecular weight is 208 g/mol. The van der Waals surface area contributed by atoms with E-state index in [1.54, 1.807) is 18.2 Å². The Bertz CT molecular complexity index is 473. The molecular weight excluding hydrogens is 196 g/mol. The summed E-state index contributed by atoms with van der Waals surface area (Å²) < 4.78 is 10.5. The summed E-state index contributed by atoms with van der Waals surface area (Å²) in [7, 11) is 1.54. The van der Waals surface area contributed by atoms with Crippen LogP contribution in [-0.4, -0.2) is 17.3 Å². The van der Waals surface area contributed by atoms with Crippen molar-refractivity contribution in [3.05, 3.63) is 29.5 Å². The molecule has 2 aromatic rings. The van der Waals surface area contributed by atoms with Crippen molar-refractivity contribution in [1.82, 2.24) is 0 Å². The first-order valence-electron chi connectivity index (χ1n) is 4.59. The Hall–Kier alpha value is -1.52. The molecular formula is C11H12O4. The fourth-order valence-corrected chi connectivity index (χ4v) is 1.55. The summed E-state index contributed by atoms with van der Waals surface area (Å²) in [5.74, 6) is 1.05. The molecule has 0 aliphatic carbocycles. The number of aliphatic hydroxyl groups is 2. The zero-order valence-corrected chi connectivity index (χ0v) is 8.36. The molecule has 0 amide bonds. The minimum atomic E-state index is -0.147. The largest absolute Gasteiger partial charge is 0.493 e. The molecule has 4 nitrogen and oxygen atoms in total. The van der Waals surface area contributed by atoms with Gasteiger partial charge in [-0.25, -0.2) is 0 Å². The Balaban J connectivity index is 2.66. The molecule has 0 aliphatic heterocycles. The van der Waals surface area contributed by atoms with Gasteiger partial charge in [0.2, 0.25) is 0 Å². The smallest absolute Gasteiger partial charge is 0.176 e. The summed E-state index contributed by atoms with van der Waals surface area (Å²) in [6.07, 6.45) is 0. The molecule has 15 heavy (non-hydrogen) atoms. The highest BCUT2D eigenvalue weighted by Gasteiger charge is 2.10. The molecule has 1 heterocycles. The highest BCUT2D eigenvalue weighted by atomic mass is 16.5. The normalized spacial score (nSPS) is 10.9. The van der Waals surface area contributed by atoms with Gasteiger partial charge in [-0.3, -0.25) is 0 Å². The number of ether oxygens (including phenoxy) is 1. The van der Waals surface area contributed by atoms with Crippen molar-refractivity contribution in [2.24, 2.45) is 0 Å². The highest BCUT2D eigenvalue weighted by Crippen LogP contribution is 2.30. The SMILES string of the molecule is COc1cc(CO)cc2cc(CO)oc12. The number of furan rings is 1. The van der Waals surface area contributed by atoms with E-state index in [9.17, 15) is 0 Å². The first kappa shape index (κ1) is 10.0. The Labute approximate surface area is 86.7 Å². The monoisotopic (exact) mass is 208 g/mol. The predicted molar refractivity (Wildman–Crippen MR) is 54.6 cm³/mol. The van der Waals surface area contributed by atoms with E-state index >= 15 is 0 Å². The number of aliphatic hydroxyl groups excluding tert-OH is 2. The minimum Gasteiger partial charge on any atom is -0.493 e. The van der Waals surface area contributed by atoms with Crippen LogP contribution in [0.2, 0.25) is 0 Å². The topological polar surface area (TPSA) is 62.8 Å². The van der Waals surface area contributed by atoms with Crippen molar-refractivity contribution in [1.29, 1.82) is 0 Å². The number of hydrogen-bond donors (Lipinski definition) is 2. The lowest BCUT2D eigenvalue weighted by molar-refractivity contribution is 0.250. The van der Waals surface area contributed by atoms with Crippen LogP contribution in [0.15, 0.2) is 22.6 Å². The fraction of sp³-hybridized carbons (Fsp3) is 0.273. The van der Waals surface area contributed by atoms with E-state index < -0.39 is 0 Å². The number of rotatable bonds is 3. The van der Waals surface area contributed by atoms with Crippen LogP contribution in [0.4, 0.5) is 0 Å². The third-order valence-corrected chi connectivity index (χ3v) is 2.25. The first-order chi connectivity index (χ1) is 7.28. The second-order valence-electron chi connectivity index (χ2n) is 3.25. The summed E-state index contributed by atoms with van der Waals surface area (Å²) in [5.41, 5.74) is 1.35. The van der Waals surface area contributed by atoms with Gasteiger partial charge in [-0.2, -0.15) is 0 Å². The molecule has 0 bridgehead atoms. The average Bonchev–Trinajstić information content (AvgIpc) is 2.70. The molecule has 0 atom stereocenters. The van der Waals surface area contributed by atoms with E-state index in [2.05, 4.69) is 0 Å². The molecule has 0 unspecified atom stereocenters. The van der Waals surface area contributed by atoms with Gasteiger partial charge in [-0.15, -0.1) is 0 Å². The van der Waals surface area contributed by atoms with Crippen LogP contribution in [0.3, 0.4) is 0 Å². The molecule has 0 radical (unpaired) electrons. The quantitative estimate of drug-likeness (QED) is 0.800. The Kier molecular flexibility index (Phi) is 2.62. The lowest BCUT2D eigenvalue weighted by Gasteiger charge is -2.02. The van der Waals surface area contributed by atoms with Crippen LogP contribution in [0.25, 0.3) is 11.0 Å². The highest BCUT2D eigenvalue weighted by molar-refractivity contribution is 5.84. The van der Waals surface area contributed by atoms with Crippen molar-refractivity contribution < 1.29 is 19.4 Å². The van der Waals surface area contributed by atoms with Crippen molar-refractivity contribution in [3.63, 3.8) is 0 Å². The number of hydrogen-bond acceptors (Lipinski definition) is 4. The summed E-state index contributed by atoms with van der Waals surface area (Å²) in [6, 6.07) is 5.25. The summed E-state index contributed by atoms with van der Waals surface area (Å²) in [4.78, 5) is 0. The predicted octanol–water partition coefficient (Wildman–Crippen LogP) is 1.43. The maximum atomic E-state index is 9.05. The number of benzene rings is 1. The van der Waals surface area contributed by atoms with Crippen molar-refractivity contribution in [3.8, 4) is 5.75 Å². The molecule has 0 fully saturated rings. The summed E-state index contributed by atoms with van der Waals surface area (Å²) in [5, 5.41) is 18.8. The van der Waals surface area contributed by atoms with Gasteiger partial charge in [0.1, 0.15) is 12.4 Å². The molecule has 4 heteroatoms.